The van der Waals surface area contributed by atoms with Crippen molar-refractivity contribution in [3.05, 3.63) is 30.1 Å². The predicted molar refractivity (Wildman–Crippen MR) is 45.3 cm³/mol. The number of hydrogen-bond acceptors (Lipinski definition) is 2. The normalized spacial score (nSPS) is 9.64. The first-order valence-corrected chi connectivity index (χ1v) is 3.42. The standard InChI is InChI=1S/C9H11NO/c1-6(2)9-7(3)4-8(11)5-10-9/h4-5,11H,1H2,2-3H3. The van der Waals surface area contributed by atoms with Gasteiger partial charge in [0, 0.05) is 0 Å². The lowest BCUT2D eigenvalue weighted by atomic mass is 10.1. The highest BCUT2D eigenvalue weighted by atomic mass is 16.3. The number of rotatable bonds is 1. The predicted octanol–water partition coefficient (Wildman–Crippen LogP) is 2.13. The van der Waals surface area contributed by atoms with Gasteiger partial charge in [-0.1, -0.05) is 6.58 Å². The van der Waals surface area contributed by atoms with E-state index >= 15 is 0 Å². The number of nitrogens with zero attached hydrogens (tertiary/aromatic N) is 1. The van der Waals surface area contributed by atoms with Gasteiger partial charge in [-0.3, -0.25) is 4.98 Å². The Balaban J connectivity index is 3.20. The van der Waals surface area contributed by atoms with Gasteiger partial charge in [-0.25, -0.2) is 0 Å². The minimum atomic E-state index is 0.201. The van der Waals surface area contributed by atoms with Gasteiger partial charge in [-0.2, -0.15) is 0 Å². The molecule has 1 heterocycles. The Bertz CT molecular complexity index is 292. The van der Waals surface area contributed by atoms with Crippen LogP contribution in [0.3, 0.4) is 0 Å². The van der Waals surface area contributed by atoms with Crippen LogP contribution in [0.1, 0.15) is 18.2 Å². The van der Waals surface area contributed by atoms with Crippen LogP contribution >= 0.6 is 0 Å². The topological polar surface area (TPSA) is 33.1 Å². The monoisotopic (exact) mass is 149 g/mol. The Morgan fingerprint density at radius 3 is 2.73 bits per heavy atom. The average molecular weight is 149 g/mol. The number of allylic oxidation sites excluding steroid dienone is 1. The van der Waals surface area contributed by atoms with Crippen molar-refractivity contribution in [3.8, 4) is 5.75 Å². The first kappa shape index (κ1) is 7.79. The molecule has 2 heteroatoms. The van der Waals surface area contributed by atoms with Gasteiger partial charge in [-0.15, -0.1) is 0 Å². The van der Waals surface area contributed by atoms with Gasteiger partial charge >= 0.3 is 0 Å². The molecule has 0 amide bonds. The highest BCUT2D eigenvalue weighted by Crippen LogP contribution is 2.17. The van der Waals surface area contributed by atoms with Gasteiger partial charge in [0.15, 0.2) is 0 Å². The summed E-state index contributed by atoms with van der Waals surface area (Å²) in [5, 5.41) is 9.03. The highest BCUT2D eigenvalue weighted by Gasteiger charge is 2.00. The molecule has 0 saturated heterocycles. The first-order valence-electron chi connectivity index (χ1n) is 3.42. The third-order valence-corrected chi connectivity index (χ3v) is 1.47. The maximum atomic E-state index is 9.03. The molecule has 1 aromatic rings. The quantitative estimate of drug-likeness (QED) is 0.663. The summed E-state index contributed by atoms with van der Waals surface area (Å²) in [7, 11) is 0. The molecule has 11 heavy (non-hydrogen) atoms. The molecule has 0 atom stereocenters. The van der Waals surface area contributed by atoms with Gasteiger partial charge in [0.25, 0.3) is 0 Å². The molecule has 0 bridgehead atoms. The van der Waals surface area contributed by atoms with Crippen LogP contribution in [0, 0.1) is 6.92 Å². The van der Waals surface area contributed by atoms with Crippen molar-refractivity contribution >= 4 is 5.57 Å². The minimum absolute atomic E-state index is 0.201. The molecule has 0 fully saturated rings. The summed E-state index contributed by atoms with van der Waals surface area (Å²) in [6, 6.07) is 1.68. The van der Waals surface area contributed by atoms with Gasteiger partial charge in [0.05, 0.1) is 11.9 Å². The van der Waals surface area contributed by atoms with Crippen molar-refractivity contribution in [2.75, 3.05) is 0 Å². The molecule has 0 saturated carbocycles. The molecule has 1 N–H and O–H groups in total. The molecular weight excluding hydrogens is 138 g/mol. The van der Waals surface area contributed by atoms with Crippen LogP contribution in [0.15, 0.2) is 18.8 Å². The molecule has 0 aliphatic rings. The van der Waals surface area contributed by atoms with Gasteiger partial charge < -0.3 is 5.11 Å². The molecule has 58 valence electrons. The van der Waals surface area contributed by atoms with E-state index in [1.165, 1.54) is 6.20 Å². The second kappa shape index (κ2) is 2.74. The van der Waals surface area contributed by atoms with E-state index in [-0.39, 0.29) is 5.75 Å². The van der Waals surface area contributed by atoms with Crippen molar-refractivity contribution < 1.29 is 5.11 Å². The van der Waals surface area contributed by atoms with Crippen LogP contribution in [0.25, 0.3) is 5.57 Å². The van der Waals surface area contributed by atoms with Crippen molar-refractivity contribution in [3.63, 3.8) is 0 Å². The fraction of sp³-hybridized carbons (Fsp3) is 0.222. The van der Waals surface area contributed by atoms with E-state index < -0.39 is 0 Å². The summed E-state index contributed by atoms with van der Waals surface area (Å²) in [5.74, 6) is 0.201. The summed E-state index contributed by atoms with van der Waals surface area (Å²) >= 11 is 0. The van der Waals surface area contributed by atoms with Crippen molar-refractivity contribution in [1.29, 1.82) is 0 Å². The van der Waals surface area contributed by atoms with E-state index in [0.717, 1.165) is 16.8 Å². The molecule has 1 aromatic heterocycles. The second-order valence-corrected chi connectivity index (χ2v) is 2.64. The van der Waals surface area contributed by atoms with Gasteiger partial charge in [0.1, 0.15) is 5.75 Å². The third kappa shape index (κ3) is 1.58. The molecule has 1 rings (SSSR count). The van der Waals surface area contributed by atoms with E-state index in [1.54, 1.807) is 6.07 Å². The first-order chi connectivity index (χ1) is 5.11. The molecule has 0 aliphatic heterocycles. The summed E-state index contributed by atoms with van der Waals surface area (Å²) < 4.78 is 0. The highest BCUT2D eigenvalue weighted by molar-refractivity contribution is 5.61. The minimum Gasteiger partial charge on any atom is -0.506 e. The van der Waals surface area contributed by atoms with Crippen molar-refractivity contribution in [1.82, 2.24) is 4.98 Å². The maximum absolute atomic E-state index is 9.03. The summed E-state index contributed by atoms with van der Waals surface area (Å²) in [6.07, 6.45) is 1.43. The number of aromatic nitrogens is 1. The SMILES string of the molecule is C=C(C)c1ncc(O)cc1C. The lowest BCUT2D eigenvalue weighted by molar-refractivity contribution is 0.472. The lowest BCUT2D eigenvalue weighted by Gasteiger charge is -2.02. The Hall–Kier alpha value is -1.31. The number of hydrogen-bond donors (Lipinski definition) is 1. The fourth-order valence-electron chi connectivity index (χ4n) is 1.01. The van der Waals surface area contributed by atoms with E-state index in [1.807, 2.05) is 13.8 Å². The zero-order chi connectivity index (χ0) is 8.43. The number of aromatic hydroxyl groups is 1. The van der Waals surface area contributed by atoms with Crippen LogP contribution in [-0.4, -0.2) is 10.1 Å². The summed E-state index contributed by atoms with van der Waals surface area (Å²) in [5.41, 5.74) is 2.74. The number of pyridine rings is 1. The smallest absolute Gasteiger partial charge is 0.134 e. The maximum Gasteiger partial charge on any atom is 0.134 e. The van der Waals surface area contributed by atoms with Gasteiger partial charge in [0.2, 0.25) is 0 Å². The lowest BCUT2D eigenvalue weighted by Crippen LogP contribution is -1.88. The summed E-state index contributed by atoms with van der Waals surface area (Å²) in [6.45, 7) is 7.57. The molecule has 0 radical (unpaired) electrons. The Kier molecular flexibility index (Phi) is 1.94. The molecular formula is C9H11NO. The van der Waals surface area contributed by atoms with Crippen LogP contribution in [0.5, 0.6) is 5.75 Å². The Labute approximate surface area is 66.2 Å². The van der Waals surface area contributed by atoms with Gasteiger partial charge in [-0.05, 0) is 31.1 Å². The molecule has 0 aromatic carbocycles. The van der Waals surface area contributed by atoms with Crippen LogP contribution in [0.2, 0.25) is 0 Å². The Morgan fingerprint density at radius 1 is 1.64 bits per heavy atom. The van der Waals surface area contributed by atoms with E-state index in [2.05, 4.69) is 11.6 Å². The fourth-order valence-corrected chi connectivity index (χ4v) is 1.01. The van der Waals surface area contributed by atoms with E-state index in [9.17, 15) is 0 Å². The van der Waals surface area contributed by atoms with Crippen molar-refractivity contribution in [2.45, 2.75) is 13.8 Å². The largest absolute Gasteiger partial charge is 0.506 e. The third-order valence-electron chi connectivity index (χ3n) is 1.47. The molecule has 0 aliphatic carbocycles. The second-order valence-electron chi connectivity index (χ2n) is 2.64. The Morgan fingerprint density at radius 2 is 2.27 bits per heavy atom. The van der Waals surface area contributed by atoms with Crippen LogP contribution in [-0.2, 0) is 0 Å². The van der Waals surface area contributed by atoms with Crippen molar-refractivity contribution in [2.24, 2.45) is 0 Å². The zero-order valence-electron chi connectivity index (χ0n) is 6.76. The van der Waals surface area contributed by atoms with E-state index in [4.69, 9.17) is 5.11 Å². The van der Waals surface area contributed by atoms with E-state index in [0.29, 0.717) is 0 Å². The average Bonchev–Trinajstić information content (AvgIpc) is 1.85. The number of aryl methyl sites for hydroxylation is 1. The molecule has 0 unspecified atom stereocenters. The van der Waals surface area contributed by atoms with Crippen LogP contribution in [0.4, 0.5) is 0 Å². The molecule has 0 spiro atoms. The zero-order valence-corrected chi connectivity index (χ0v) is 6.76. The van der Waals surface area contributed by atoms with Crippen LogP contribution < -0.4 is 0 Å². The molecule has 2 nitrogen and oxygen atoms in total. The summed E-state index contributed by atoms with van der Waals surface area (Å²) in [4.78, 5) is 4.03.